The zero-order chi connectivity index (χ0) is 13.9. The molecule has 3 heteroatoms. The molecule has 0 unspecified atom stereocenters. The van der Waals surface area contributed by atoms with E-state index in [1.165, 1.54) is 11.1 Å². The smallest absolute Gasteiger partial charge is 0.125 e. The highest BCUT2D eigenvalue weighted by Gasteiger charge is 2.10. The van der Waals surface area contributed by atoms with Gasteiger partial charge in [0.05, 0.1) is 16.9 Å². The predicted molar refractivity (Wildman–Crippen MR) is 84.2 cm³/mol. The number of halogens is 1. The molecule has 2 aromatic carbocycles. The van der Waals surface area contributed by atoms with E-state index in [1.54, 1.807) is 0 Å². The standard InChI is InChI=1S/C17H17ClN2/c1-2-13-8-9-16-15(10-13)19-17(11-18)20(16)12-14-6-4-3-5-7-14/h3-10H,2,11-12H2,1H3. The second kappa shape index (κ2) is 5.68. The fourth-order valence-corrected chi connectivity index (χ4v) is 2.69. The molecule has 0 amide bonds. The zero-order valence-electron chi connectivity index (χ0n) is 11.5. The number of hydrogen-bond acceptors (Lipinski definition) is 1. The average molecular weight is 285 g/mol. The molecule has 2 nitrogen and oxygen atoms in total. The monoisotopic (exact) mass is 284 g/mol. The van der Waals surface area contributed by atoms with E-state index in [2.05, 4.69) is 58.9 Å². The fraction of sp³-hybridized carbons (Fsp3) is 0.235. The van der Waals surface area contributed by atoms with Crippen LogP contribution in [-0.2, 0) is 18.8 Å². The van der Waals surface area contributed by atoms with Gasteiger partial charge in [-0.25, -0.2) is 4.98 Å². The SMILES string of the molecule is CCc1ccc2c(c1)nc(CCl)n2Cc1ccccc1. The van der Waals surface area contributed by atoms with Crippen LogP contribution in [0.3, 0.4) is 0 Å². The van der Waals surface area contributed by atoms with Crippen molar-refractivity contribution >= 4 is 22.6 Å². The molecule has 0 saturated carbocycles. The summed E-state index contributed by atoms with van der Waals surface area (Å²) in [5.41, 5.74) is 4.76. The molecule has 1 heterocycles. The van der Waals surface area contributed by atoms with Gasteiger partial charge in [-0.05, 0) is 29.7 Å². The second-order valence-electron chi connectivity index (χ2n) is 4.91. The first-order chi connectivity index (χ1) is 9.81. The highest BCUT2D eigenvalue weighted by Crippen LogP contribution is 2.21. The van der Waals surface area contributed by atoms with Crippen LogP contribution in [-0.4, -0.2) is 9.55 Å². The highest BCUT2D eigenvalue weighted by atomic mass is 35.5. The van der Waals surface area contributed by atoms with E-state index in [4.69, 9.17) is 11.6 Å². The number of benzene rings is 2. The number of fused-ring (bicyclic) bond motifs is 1. The number of hydrogen-bond donors (Lipinski definition) is 0. The number of aromatic nitrogens is 2. The van der Waals surface area contributed by atoms with E-state index in [9.17, 15) is 0 Å². The van der Waals surface area contributed by atoms with Crippen molar-refractivity contribution in [1.29, 1.82) is 0 Å². The summed E-state index contributed by atoms with van der Waals surface area (Å²) in [4.78, 5) is 4.67. The Labute approximate surface area is 124 Å². The Morgan fingerprint density at radius 2 is 1.85 bits per heavy atom. The van der Waals surface area contributed by atoms with E-state index in [1.807, 2.05) is 6.07 Å². The van der Waals surface area contributed by atoms with Crippen molar-refractivity contribution in [2.45, 2.75) is 25.8 Å². The van der Waals surface area contributed by atoms with Gasteiger partial charge in [0.1, 0.15) is 5.82 Å². The Morgan fingerprint density at radius 3 is 2.55 bits per heavy atom. The first-order valence-corrected chi connectivity index (χ1v) is 7.43. The molecule has 1 aromatic heterocycles. The number of rotatable bonds is 4. The van der Waals surface area contributed by atoms with Gasteiger partial charge >= 0.3 is 0 Å². The van der Waals surface area contributed by atoms with Crippen molar-refractivity contribution in [3.63, 3.8) is 0 Å². The normalized spacial score (nSPS) is 11.1. The maximum atomic E-state index is 6.06. The van der Waals surface area contributed by atoms with Crippen LogP contribution in [0, 0.1) is 0 Å². The van der Waals surface area contributed by atoms with Crippen molar-refractivity contribution in [3.05, 3.63) is 65.5 Å². The molecular formula is C17H17ClN2. The molecule has 3 rings (SSSR count). The summed E-state index contributed by atoms with van der Waals surface area (Å²) >= 11 is 6.06. The van der Waals surface area contributed by atoms with Gasteiger partial charge in [-0.1, -0.05) is 43.3 Å². The minimum atomic E-state index is 0.434. The van der Waals surface area contributed by atoms with Crippen LogP contribution < -0.4 is 0 Å². The molecule has 0 atom stereocenters. The zero-order valence-corrected chi connectivity index (χ0v) is 12.3. The number of nitrogens with zero attached hydrogens (tertiary/aromatic N) is 2. The molecule has 0 aliphatic carbocycles. The molecule has 20 heavy (non-hydrogen) atoms. The quantitative estimate of drug-likeness (QED) is 0.650. The lowest BCUT2D eigenvalue weighted by Gasteiger charge is -2.08. The van der Waals surface area contributed by atoms with Crippen LogP contribution in [0.4, 0.5) is 0 Å². The van der Waals surface area contributed by atoms with Crippen molar-refractivity contribution in [3.8, 4) is 0 Å². The predicted octanol–water partition coefficient (Wildman–Crippen LogP) is 4.39. The van der Waals surface area contributed by atoms with Crippen molar-refractivity contribution < 1.29 is 0 Å². The Morgan fingerprint density at radius 1 is 1.05 bits per heavy atom. The van der Waals surface area contributed by atoms with Gasteiger partial charge in [0.2, 0.25) is 0 Å². The first-order valence-electron chi connectivity index (χ1n) is 6.89. The molecule has 102 valence electrons. The summed E-state index contributed by atoms with van der Waals surface area (Å²) in [6.07, 6.45) is 1.03. The molecule has 0 radical (unpaired) electrons. The third-order valence-corrected chi connectivity index (χ3v) is 3.84. The third-order valence-electron chi connectivity index (χ3n) is 3.60. The van der Waals surface area contributed by atoms with Crippen molar-refractivity contribution in [1.82, 2.24) is 9.55 Å². The molecular weight excluding hydrogens is 268 g/mol. The topological polar surface area (TPSA) is 17.8 Å². The molecule has 3 aromatic rings. The van der Waals surface area contributed by atoms with Crippen LogP contribution >= 0.6 is 11.6 Å². The van der Waals surface area contributed by atoms with Crippen LogP contribution in [0.1, 0.15) is 23.9 Å². The van der Waals surface area contributed by atoms with E-state index >= 15 is 0 Å². The lowest BCUT2D eigenvalue weighted by Crippen LogP contribution is -2.03. The largest absolute Gasteiger partial charge is 0.322 e. The van der Waals surface area contributed by atoms with Crippen LogP contribution in [0.15, 0.2) is 48.5 Å². The van der Waals surface area contributed by atoms with E-state index in [0.29, 0.717) is 5.88 Å². The average Bonchev–Trinajstić information content (AvgIpc) is 2.85. The Bertz CT molecular complexity index is 716. The minimum absolute atomic E-state index is 0.434. The maximum absolute atomic E-state index is 6.06. The van der Waals surface area contributed by atoms with Gasteiger partial charge < -0.3 is 4.57 Å². The summed E-state index contributed by atoms with van der Waals surface area (Å²) in [7, 11) is 0. The summed E-state index contributed by atoms with van der Waals surface area (Å²) in [5.74, 6) is 1.36. The molecule has 0 aliphatic heterocycles. The van der Waals surface area contributed by atoms with Gasteiger partial charge in [0, 0.05) is 6.54 Å². The first kappa shape index (κ1) is 13.2. The maximum Gasteiger partial charge on any atom is 0.125 e. The van der Waals surface area contributed by atoms with E-state index < -0.39 is 0 Å². The van der Waals surface area contributed by atoms with Gasteiger partial charge in [-0.2, -0.15) is 0 Å². The molecule has 0 aliphatic rings. The summed E-state index contributed by atoms with van der Waals surface area (Å²) in [6, 6.07) is 16.9. The molecule has 0 fully saturated rings. The number of imidazole rings is 1. The van der Waals surface area contributed by atoms with Gasteiger partial charge in [0.15, 0.2) is 0 Å². The second-order valence-corrected chi connectivity index (χ2v) is 5.18. The van der Waals surface area contributed by atoms with Crippen molar-refractivity contribution in [2.24, 2.45) is 0 Å². The van der Waals surface area contributed by atoms with Crippen LogP contribution in [0.2, 0.25) is 0 Å². The number of aryl methyl sites for hydroxylation is 1. The van der Waals surface area contributed by atoms with Gasteiger partial charge in [-0.15, -0.1) is 11.6 Å². The van der Waals surface area contributed by atoms with Gasteiger partial charge in [-0.3, -0.25) is 0 Å². The molecule has 0 saturated heterocycles. The fourth-order valence-electron chi connectivity index (χ4n) is 2.49. The Kier molecular flexibility index (Phi) is 3.75. The van der Waals surface area contributed by atoms with Crippen molar-refractivity contribution in [2.75, 3.05) is 0 Å². The minimum Gasteiger partial charge on any atom is -0.322 e. The Balaban J connectivity index is 2.08. The third kappa shape index (κ3) is 2.44. The van der Waals surface area contributed by atoms with E-state index in [-0.39, 0.29) is 0 Å². The number of alkyl halides is 1. The Hall–Kier alpha value is -1.80. The molecule has 0 bridgehead atoms. The summed E-state index contributed by atoms with van der Waals surface area (Å²) in [5, 5.41) is 0. The lowest BCUT2D eigenvalue weighted by atomic mass is 10.1. The summed E-state index contributed by atoms with van der Waals surface area (Å²) < 4.78 is 2.21. The molecule has 0 spiro atoms. The lowest BCUT2D eigenvalue weighted by molar-refractivity contribution is 0.778. The van der Waals surface area contributed by atoms with Gasteiger partial charge in [0.25, 0.3) is 0 Å². The highest BCUT2D eigenvalue weighted by molar-refractivity contribution is 6.16. The van der Waals surface area contributed by atoms with Crippen LogP contribution in [0.25, 0.3) is 11.0 Å². The molecule has 0 N–H and O–H groups in total. The summed E-state index contributed by atoms with van der Waals surface area (Å²) in [6.45, 7) is 2.97. The van der Waals surface area contributed by atoms with Crippen LogP contribution in [0.5, 0.6) is 0 Å². The van der Waals surface area contributed by atoms with E-state index in [0.717, 1.165) is 29.8 Å².